The lowest BCUT2D eigenvalue weighted by Crippen LogP contribution is -2.20. The van der Waals surface area contributed by atoms with E-state index >= 15 is 0 Å². The molecule has 5 nitrogen and oxygen atoms in total. The van der Waals surface area contributed by atoms with Gasteiger partial charge in [-0.2, -0.15) is 4.98 Å². The minimum absolute atomic E-state index is 0.0911. The van der Waals surface area contributed by atoms with E-state index in [9.17, 15) is 4.79 Å². The van der Waals surface area contributed by atoms with Crippen molar-refractivity contribution in [3.8, 4) is 5.75 Å². The van der Waals surface area contributed by atoms with Gasteiger partial charge in [0.1, 0.15) is 11.5 Å². The van der Waals surface area contributed by atoms with Crippen molar-refractivity contribution in [2.24, 2.45) is 5.92 Å². The number of nitrogens with zero attached hydrogens (tertiary/aromatic N) is 2. The summed E-state index contributed by atoms with van der Waals surface area (Å²) in [5.41, 5.74) is 1.16. The van der Waals surface area contributed by atoms with Crippen LogP contribution in [0.15, 0.2) is 28.8 Å². The molecule has 4 rings (SSSR count). The van der Waals surface area contributed by atoms with Crippen molar-refractivity contribution in [2.45, 2.75) is 31.6 Å². The highest BCUT2D eigenvalue weighted by atomic mass is 16.5. The Balaban J connectivity index is 1.47. The largest absolute Gasteiger partial charge is 0.493 e. The number of ketones is 1. The van der Waals surface area contributed by atoms with Gasteiger partial charge in [-0.15, -0.1) is 0 Å². The van der Waals surface area contributed by atoms with Crippen molar-refractivity contribution < 1.29 is 14.1 Å². The van der Waals surface area contributed by atoms with Crippen LogP contribution in [0.4, 0.5) is 0 Å². The maximum Gasteiger partial charge on any atom is 0.234 e. The van der Waals surface area contributed by atoms with Gasteiger partial charge in [0.25, 0.3) is 0 Å². The molecule has 2 aromatic rings. The number of aromatic nitrogens is 2. The lowest BCUT2D eigenvalue weighted by Gasteiger charge is -2.22. The van der Waals surface area contributed by atoms with Crippen molar-refractivity contribution in [1.29, 1.82) is 0 Å². The van der Waals surface area contributed by atoms with Crippen LogP contribution in [0.3, 0.4) is 0 Å². The Morgan fingerprint density at radius 3 is 3.00 bits per heavy atom. The predicted molar refractivity (Wildman–Crippen MR) is 74.1 cm³/mol. The molecule has 21 heavy (non-hydrogen) atoms. The quantitative estimate of drug-likeness (QED) is 0.862. The van der Waals surface area contributed by atoms with Gasteiger partial charge in [-0.25, -0.2) is 0 Å². The molecule has 0 spiro atoms. The molecule has 0 saturated heterocycles. The van der Waals surface area contributed by atoms with Crippen LogP contribution in [0, 0.1) is 5.92 Å². The number of Topliss-reactive ketones (excluding diaryl/α,β-unsaturated/α-hetero) is 1. The van der Waals surface area contributed by atoms with Gasteiger partial charge in [0.15, 0.2) is 5.82 Å². The fraction of sp³-hybridized carbons (Fsp3) is 0.438. The minimum Gasteiger partial charge on any atom is -0.493 e. The molecule has 0 N–H and O–H groups in total. The molecule has 5 heteroatoms. The average molecular weight is 284 g/mol. The molecule has 1 aliphatic heterocycles. The van der Waals surface area contributed by atoms with Gasteiger partial charge in [-0.3, -0.25) is 4.79 Å². The number of para-hydroxylation sites is 1. The Hall–Kier alpha value is -2.17. The molecular weight excluding hydrogens is 268 g/mol. The standard InChI is InChI=1S/C16H16N2O3/c19-13(10-5-6-10)8-15-17-16(18-21-15)12-7-11-3-1-2-4-14(11)20-9-12/h1-4,10,12H,5-9H2. The number of rotatable bonds is 4. The second-order valence-corrected chi connectivity index (χ2v) is 5.78. The maximum absolute atomic E-state index is 11.8. The normalized spacial score (nSPS) is 20.7. The lowest BCUT2D eigenvalue weighted by atomic mass is 9.96. The Morgan fingerprint density at radius 2 is 2.14 bits per heavy atom. The van der Waals surface area contributed by atoms with Crippen molar-refractivity contribution in [3.63, 3.8) is 0 Å². The number of hydrogen-bond acceptors (Lipinski definition) is 5. The van der Waals surface area contributed by atoms with Gasteiger partial charge >= 0.3 is 0 Å². The molecule has 1 fully saturated rings. The van der Waals surface area contributed by atoms with E-state index in [4.69, 9.17) is 9.26 Å². The van der Waals surface area contributed by atoms with Crippen LogP contribution in [0.2, 0.25) is 0 Å². The first kappa shape index (κ1) is 12.6. The molecule has 0 bridgehead atoms. The average Bonchev–Trinajstić information content (AvgIpc) is 3.27. The second kappa shape index (κ2) is 4.98. The Bertz CT molecular complexity index is 676. The zero-order valence-corrected chi connectivity index (χ0v) is 11.6. The van der Waals surface area contributed by atoms with Crippen LogP contribution in [0.25, 0.3) is 0 Å². The summed E-state index contributed by atoms with van der Waals surface area (Å²) in [7, 11) is 0. The minimum atomic E-state index is 0.0911. The Kier molecular flexibility index (Phi) is 2.98. The van der Waals surface area contributed by atoms with E-state index in [1.165, 1.54) is 0 Å². The van der Waals surface area contributed by atoms with Gasteiger partial charge in [0, 0.05) is 5.92 Å². The maximum atomic E-state index is 11.8. The highest BCUT2D eigenvalue weighted by molar-refractivity contribution is 5.84. The molecular formula is C16H16N2O3. The summed E-state index contributed by atoms with van der Waals surface area (Å²) in [5, 5.41) is 4.03. The summed E-state index contributed by atoms with van der Waals surface area (Å²) >= 11 is 0. The fourth-order valence-corrected chi connectivity index (χ4v) is 2.70. The van der Waals surface area contributed by atoms with E-state index in [0.29, 0.717) is 18.3 Å². The van der Waals surface area contributed by atoms with Crippen molar-refractivity contribution in [3.05, 3.63) is 41.5 Å². The monoisotopic (exact) mass is 284 g/mol. The Morgan fingerprint density at radius 1 is 1.29 bits per heavy atom. The van der Waals surface area contributed by atoms with Gasteiger partial charge in [-0.05, 0) is 30.9 Å². The number of fused-ring (bicyclic) bond motifs is 1. The molecule has 1 aliphatic carbocycles. The zero-order valence-electron chi connectivity index (χ0n) is 11.6. The zero-order chi connectivity index (χ0) is 14.2. The first-order valence-electron chi connectivity index (χ1n) is 7.35. The molecule has 1 unspecified atom stereocenters. The Labute approximate surface area is 122 Å². The van der Waals surface area contributed by atoms with E-state index in [-0.39, 0.29) is 24.0 Å². The molecule has 1 atom stereocenters. The van der Waals surface area contributed by atoms with Crippen molar-refractivity contribution in [1.82, 2.24) is 10.1 Å². The number of hydrogen-bond donors (Lipinski definition) is 0. The highest BCUT2D eigenvalue weighted by Gasteiger charge is 2.31. The summed E-state index contributed by atoms with van der Waals surface area (Å²) in [6.07, 6.45) is 3.12. The topological polar surface area (TPSA) is 65.2 Å². The molecule has 1 saturated carbocycles. The summed E-state index contributed by atoms with van der Waals surface area (Å²) in [5.74, 6) is 2.54. The first-order chi connectivity index (χ1) is 10.3. The highest BCUT2D eigenvalue weighted by Crippen LogP contribution is 2.32. The van der Waals surface area contributed by atoms with Crippen molar-refractivity contribution >= 4 is 5.78 Å². The van der Waals surface area contributed by atoms with Crippen LogP contribution in [-0.2, 0) is 17.6 Å². The molecule has 1 aromatic heterocycles. The number of ether oxygens (including phenoxy) is 1. The third-order valence-electron chi connectivity index (χ3n) is 4.09. The smallest absolute Gasteiger partial charge is 0.234 e. The van der Waals surface area contributed by atoms with Crippen LogP contribution in [0.5, 0.6) is 5.75 Å². The lowest BCUT2D eigenvalue weighted by molar-refractivity contribution is -0.119. The van der Waals surface area contributed by atoms with Crippen LogP contribution >= 0.6 is 0 Å². The molecule has 108 valence electrons. The molecule has 2 heterocycles. The van der Waals surface area contributed by atoms with Crippen LogP contribution in [-0.4, -0.2) is 22.5 Å². The summed E-state index contributed by atoms with van der Waals surface area (Å²) in [4.78, 5) is 16.1. The second-order valence-electron chi connectivity index (χ2n) is 5.78. The SMILES string of the molecule is O=C(Cc1nc(C2COc3ccccc3C2)no1)C1CC1. The van der Waals surface area contributed by atoms with Gasteiger partial charge < -0.3 is 9.26 Å². The van der Waals surface area contributed by atoms with E-state index in [0.717, 1.165) is 30.6 Å². The van der Waals surface area contributed by atoms with E-state index in [1.54, 1.807) is 0 Å². The summed E-state index contributed by atoms with van der Waals surface area (Å²) in [6, 6.07) is 8.00. The fourth-order valence-electron chi connectivity index (χ4n) is 2.70. The summed E-state index contributed by atoms with van der Waals surface area (Å²) < 4.78 is 11.0. The predicted octanol–water partition coefficient (Wildman–Crippen LogP) is 2.31. The molecule has 2 aliphatic rings. The third-order valence-corrected chi connectivity index (χ3v) is 4.09. The number of benzene rings is 1. The number of carbonyl (C=O) groups is 1. The molecule has 0 radical (unpaired) electrons. The van der Waals surface area contributed by atoms with Crippen LogP contribution < -0.4 is 4.74 Å². The third kappa shape index (κ3) is 2.55. The molecule has 1 aromatic carbocycles. The van der Waals surface area contributed by atoms with Gasteiger partial charge in [0.05, 0.1) is 18.9 Å². The van der Waals surface area contributed by atoms with Gasteiger partial charge in [0.2, 0.25) is 5.89 Å². The summed E-state index contributed by atoms with van der Waals surface area (Å²) in [6.45, 7) is 0.548. The van der Waals surface area contributed by atoms with Crippen LogP contribution in [0.1, 0.15) is 36.0 Å². The van der Waals surface area contributed by atoms with E-state index < -0.39 is 0 Å². The van der Waals surface area contributed by atoms with Gasteiger partial charge in [-0.1, -0.05) is 23.4 Å². The van der Waals surface area contributed by atoms with E-state index in [1.807, 2.05) is 18.2 Å². The number of carbonyl (C=O) groups excluding carboxylic acids is 1. The van der Waals surface area contributed by atoms with Crippen molar-refractivity contribution in [2.75, 3.05) is 6.61 Å². The molecule has 0 amide bonds. The first-order valence-corrected chi connectivity index (χ1v) is 7.35. The van der Waals surface area contributed by atoms with E-state index in [2.05, 4.69) is 16.2 Å².